The molecule has 0 aliphatic rings. The van der Waals surface area contributed by atoms with Crippen molar-refractivity contribution in [2.24, 2.45) is 0 Å². The van der Waals surface area contributed by atoms with Gasteiger partial charge in [-0.15, -0.1) is 11.6 Å². The first-order valence-corrected chi connectivity index (χ1v) is 4.96. The summed E-state index contributed by atoms with van der Waals surface area (Å²) in [4.78, 5) is 7.44. The van der Waals surface area contributed by atoms with Crippen LogP contribution >= 0.6 is 11.6 Å². The van der Waals surface area contributed by atoms with Crippen molar-refractivity contribution in [2.45, 2.75) is 12.1 Å². The molecule has 2 aromatic rings. The van der Waals surface area contributed by atoms with Gasteiger partial charge in [-0.25, -0.2) is 0 Å². The fraction of sp³-hybridized carbons (Fsp3) is 0.222. The van der Waals surface area contributed by atoms with Crippen LogP contribution in [-0.4, -0.2) is 15.1 Å². The van der Waals surface area contributed by atoms with E-state index in [2.05, 4.69) is 15.1 Å². The molecule has 0 aromatic carbocycles. The van der Waals surface area contributed by atoms with Gasteiger partial charge in [0.05, 0.1) is 11.4 Å². The summed E-state index contributed by atoms with van der Waals surface area (Å²) in [5.74, 6) is 0.349. The Kier molecular flexibility index (Phi) is 3.01. The summed E-state index contributed by atoms with van der Waals surface area (Å²) in [5, 5.41) is 3.50. The van der Waals surface area contributed by atoms with E-state index in [-0.39, 0.29) is 23.3 Å². The van der Waals surface area contributed by atoms with Gasteiger partial charge in [-0.1, -0.05) is 5.16 Å². The zero-order valence-electron chi connectivity index (χ0n) is 8.20. The van der Waals surface area contributed by atoms with Crippen molar-refractivity contribution in [1.82, 2.24) is 15.1 Å². The lowest BCUT2D eigenvalue weighted by Gasteiger charge is -2.04. The molecule has 0 spiro atoms. The first kappa shape index (κ1) is 11.8. The van der Waals surface area contributed by atoms with Crippen LogP contribution < -0.4 is 0 Å². The lowest BCUT2D eigenvalue weighted by Crippen LogP contribution is -2.05. The molecule has 17 heavy (non-hydrogen) atoms. The first-order chi connectivity index (χ1) is 8.00. The first-order valence-electron chi connectivity index (χ1n) is 4.43. The Bertz CT molecular complexity index is 509. The van der Waals surface area contributed by atoms with E-state index in [9.17, 15) is 13.2 Å². The van der Waals surface area contributed by atoms with Gasteiger partial charge in [0.15, 0.2) is 5.82 Å². The van der Waals surface area contributed by atoms with Crippen molar-refractivity contribution in [3.8, 4) is 11.6 Å². The zero-order valence-corrected chi connectivity index (χ0v) is 8.96. The van der Waals surface area contributed by atoms with E-state index in [4.69, 9.17) is 16.1 Å². The minimum atomic E-state index is -4.42. The van der Waals surface area contributed by atoms with Crippen LogP contribution in [0.3, 0.4) is 0 Å². The topological polar surface area (TPSA) is 51.8 Å². The monoisotopic (exact) mass is 263 g/mol. The SMILES string of the molecule is FC(F)(F)c1ccc(-c2nc(CCl)no2)nc1. The van der Waals surface area contributed by atoms with Crippen molar-refractivity contribution >= 4 is 11.6 Å². The molecule has 2 heterocycles. The minimum absolute atomic E-state index is 0.0365. The maximum absolute atomic E-state index is 12.3. The van der Waals surface area contributed by atoms with Crippen molar-refractivity contribution in [3.63, 3.8) is 0 Å². The average Bonchev–Trinajstić information content (AvgIpc) is 2.76. The lowest BCUT2D eigenvalue weighted by atomic mass is 10.2. The van der Waals surface area contributed by atoms with Crippen molar-refractivity contribution < 1.29 is 17.7 Å². The van der Waals surface area contributed by atoms with E-state index in [0.29, 0.717) is 6.20 Å². The largest absolute Gasteiger partial charge is 0.417 e. The average molecular weight is 264 g/mol. The summed E-state index contributed by atoms with van der Waals surface area (Å²) in [6.07, 6.45) is -3.71. The summed E-state index contributed by atoms with van der Waals surface area (Å²) in [6.45, 7) is 0. The number of nitrogens with zero attached hydrogens (tertiary/aromatic N) is 3. The molecule has 0 aliphatic heterocycles. The van der Waals surface area contributed by atoms with Crippen LogP contribution in [-0.2, 0) is 12.1 Å². The third kappa shape index (κ3) is 2.55. The standard InChI is InChI=1S/C9H5ClF3N3O/c10-3-7-15-8(17-16-7)6-2-1-5(4-14-6)9(11,12)13/h1-2,4H,3H2. The number of alkyl halides is 4. The van der Waals surface area contributed by atoms with Gasteiger partial charge in [-0.2, -0.15) is 18.2 Å². The van der Waals surface area contributed by atoms with Crippen LogP contribution in [0.2, 0.25) is 0 Å². The Balaban J connectivity index is 2.29. The molecule has 8 heteroatoms. The second kappa shape index (κ2) is 4.33. The molecule has 2 aromatic heterocycles. The van der Waals surface area contributed by atoms with Crippen LogP contribution in [0.4, 0.5) is 13.2 Å². The molecule has 0 N–H and O–H groups in total. The van der Waals surface area contributed by atoms with Gasteiger partial charge in [-0.3, -0.25) is 4.98 Å². The van der Waals surface area contributed by atoms with Crippen molar-refractivity contribution in [1.29, 1.82) is 0 Å². The highest BCUT2D eigenvalue weighted by atomic mass is 35.5. The summed E-state index contributed by atoms with van der Waals surface area (Å²) in [5.41, 5.74) is -0.666. The number of hydrogen-bond donors (Lipinski definition) is 0. The maximum Gasteiger partial charge on any atom is 0.417 e. The minimum Gasteiger partial charge on any atom is -0.332 e. The molecule has 0 radical (unpaired) electrons. The number of hydrogen-bond acceptors (Lipinski definition) is 4. The van der Waals surface area contributed by atoms with Gasteiger partial charge >= 0.3 is 6.18 Å². The molecule has 0 unspecified atom stereocenters. The maximum atomic E-state index is 12.3. The second-order valence-electron chi connectivity index (χ2n) is 3.08. The van der Waals surface area contributed by atoms with Crippen LogP contribution in [0.15, 0.2) is 22.9 Å². The lowest BCUT2D eigenvalue weighted by molar-refractivity contribution is -0.137. The quantitative estimate of drug-likeness (QED) is 0.782. The van der Waals surface area contributed by atoms with E-state index < -0.39 is 11.7 Å². The van der Waals surface area contributed by atoms with Crippen LogP contribution in [0.1, 0.15) is 11.4 Å². The van der Waals surface area contributed by atoms with Crippen molar-refractivity contribution in [2.75, 3.05) is 0 Å². The van der Waals surface area contributed by atoms with Gasteiger partial charge in [0.1, 0.15) is 5.69 Å². The Morgan fingerprint density at radius 1 is 1.29 bits per heavy atom. The molecule has 0 saturated heterocycles. The van der Waals surface area contributed by atoms with E-state index in [1.54, 1.807) is 0 Å². The number of halogens is 4. The molecule has 2 rings (SSSR count). The molecule has 0 atom stereocenters. The molecule has 90 valence electrons. The molecule has 0 saturated carbocycles. The van der Waals surface area contributed by atoms with Gasteiger partial charge in [0, 0.05) is 6.20 Å². The highest BCUT2D eigenvalue weighted by molar-refractivity contribution is 6.16. The summed E-state index contributed by atoms with van der Waals surface area (Å²) < 4.78 is 41.6. The van der Waals surface area contributed by atoms with Crippen LogP contribution in [0.5, 0.6) is 0 Å². The smallest absolute Gasteiger partial charge is 0.332 e. The Morgan fingerprint density at radius 2 is 2.06 bits per heavy atom. The van der Waals surface area contributed by atoms with Crippen molar-refractivity contribution in [3.05, 3.63) is 29.7 Å². The van der Waals surface area contributed by atoms with Gasteiger partial charge in [-0.05, 0) is 12.1 Å². The van der Waals surface area contributed by atoms with Gasteiger partial charge < -0.3 is 4.52 Å². The summed E-state index contributed by atoms with van der Waals surface area (Å²) in [6, 6.07) is 2.06. The van der Waals surface area contributed by atoms with Crippen LogP contribution in [0.25, 0.3) is 11.6 Å². The van der Waals surface area contributed by atoms with E-state index in [1.165, 1.54) is 0 Å². The number of pyridine rings is 1. The Labute approximate surface area is 98.4 Å². The normalized spacial score (nSPS) is 11.8. The highest BCUT2D eigenvalue weighted by Crippen LogP contribution is 2.29. The third-order valence-electron chi connectivity index (χ3n) is 1.90. The summed E-state index contributed by atoms with van der Waals surface area (Å²) >= 11 is 5.46. The van der Waals surface area contributed by atoms with E-state index in [0.717, 1.165) is 12.1 Å². The molecule has 0 aliphatic carbocycles. The second-order valence-corrected chi connectivity index (χ2v) is 3.35. The molecule has 0 bridgehead atoms. The van der Waals surface area contributed by atoms with Gasteiger partial charge in [0.25, 0.3) is 5.89 Å². The number of rotatable bonds is 2. The van der Waals surface area contributed by atoms with E-state index >= 15 is 0 Å². The van der Waals surface area contributed by atoms with Crippen LogP contribution in [0, 0.1) is 0 Å². The highest BCUT2D eigenvalue weighted by Gasteiger charge is 2.30. The number of aromatic nitrogens is 3. The molecular formula is C9H5ClF3N3O. The zero-order chi connectivity index (χ0) is 12.5. The van der Waals surface area contributed by atoms with Gasteiger partial charge in [0.2, 0.25) is 0 Å². The molecule has 4 nitrogen and oxygen atoms in total. The third-order valence-corrected chi connectivity index (χ3v) is 2.14. The molecule has 0 amide bonds. The summed E-state index contributed by atoms with van der Waals surface area (Å²) in [7, 11) is 0. The molecular weight excluding hydrogens is 259 g/mol. The predicted molar refractivity (Wildman–Crippen MR) is 52.1 cm³/mol. The predicted octanol–water partition coefficient (Wildman–Crippen LogP) is 2.89. The van der Waals surface area contributed by atoms with E-state index in [1.807, 2.05) is 0 Å². The Morgan fingerprint density at radius 3 is 2.53 bits per heavy atom. The fourth-order valence-electron chi connectivity index (χ4n) is 1.10. The Hall–Kier alpha value is -1.63. The fourth-order valence-corrected chi connectivity index (χ4v) is 1.21. The molecule has 0 fully saturated rings.